The Balaban J connectivity index is 1.29. The predicted octanol–water partition coefficient (Wildman–Crippen LogP) is 10.6. The van der Waals surface area contributed by atoms with Gasteiger partial charge in [-0.05, 0) is 97.1 Å². The normalized spacial score (nSPS) is 12.5. The molecule has 0 bridgehead atoms. The number of para-hydroxylation sites is 2. The Labute approximate surface area is 235 Å². The van der Waals surface area contributed by atoms with Gasteiger partial charge in [-0.3, -0.25) is 0 Å². The smallest absolute Gasteiger partial charge is 0.310 e. The second kappa shape index (κ2) is 10.2. The third-order valence-corrected chi connectivity index (χ3v) is 7.20. The highest BCUT2D eigenvalue weighted by Gasteiger charge is 2.65. The maximum atomic E-state index is 12.9. The molecule has 5 rings (SSSR count). The molecular formula is C34H22F5NS. The lowest BCUT2D eigenvalue weighted by atomic mass is 10.1. The van der Waals surface area contributed by atoms with E-state index in [2.05, 4.69) is 52.8 Å². The first-order chi connectivity index (χ1) is 19.4. The molecule has 0 saturated carbocycles. The Hall–Kier alpha value is -4.98. The topological polar surface area (TPSA) is 3.24 Å². The largest absolute Gasteiger partial charge is 0.311 e. The Morgan fingerprint density at radius 3 is 1.00 bits per heavy atom. The lowest BCUT2D eigenvalue weighted by Gasteiger charge is -2.40. The van der Waals surface area contributed by atoms with Crippen LogP contribution in [0.25, 0.3) is 0 Å². The number of rotatable bonds is 4. The van der Waals surface area contributed by atoms with Crippen LogP contribution in [0.15, 0.2) is 138 Å². The van der Waals surface area contributed by atoms with Gasteiger partial charge in [0.2, 0.25) is 0 Å². The van der Waals surface area contributed by atoms with E-state index < -0.39 is 15.1 Å². The molecule has 0 aliphatic carbocycles. The maximum Gasteiger partial charge on any atom is 0.310 e. The Morgan fingerprint density at radius 2 is 0.659 bits per heavy atom. The molecule has 204 valence electrons. The lowest BCUT2D eigenvalue weighted by Crippen LogP contribution is -2.09. The lowest BCUT2D eigenvalue weighted by molar-refractivity contribution is 0.364. The fraction of sp³-hybridized carbons (Fsp3) is 0. The van der Waals surface area contributed by atoms with E-state index >= 15 is 0 Å². The fourth-order valence-electron chi connectivity index (χ4n) is 4.02. The zero-order chi connectivity index (χ0) is 29.0. The van der Waals surface area contributed by atoms with Gasteiger partial charge in [0.25, 0.3) is 0 Å². The predicted molar refractivity (Wildman–Crippen MR) is 157 cm³/mol. The summed E-state index contributed by atoms with van der Waals surface area (Å²) in [5.41, 5.74) is 5.49. The summed E-state index contributed by atoms with van der Waals surface area (Å²) < 4.78 is 64.3. The third-order valence-electron chi connectivity index (χ3n) is 6.04. The van der Waals surface area contributed by atoms with Crippen molar-refractivity contribution >= 4 is 27.3 Å². The summed E-state index contributed by atoms with van der Waals surface area (Å²) >= 11 is 0. The highest BCUT2D eigenvalue weighted by Crippen LogP contribution is 3.02. The van der Waals surface area contributed by atoms with Gasteiger partial charge in [-0.2, -0.15) is 0 Å². The Kier molecular flexibility index (Phi) is 6.87. The molecule has 1 nitrogen and oxygen atoms in total. The molecule has 5 aromatic carbocycles. The van der Waals surface area contributed by atoms with E-state index in [1.54, 1.807) is 24.3 Å². The molecule has 0 aliphatic rings. The monoisotopic (exact) mass is 571 g/mol. The molecule has 0 heterocycles. The molecule has 0 saturated heterocycles. The van der Waals surface area contributed by atoms with Gasteiger partial charge >= 0.3 is 10.2 Å². The molecule has 41 heavy (non-hydrogen) atoms. The minimum Gasteiger partial charge on any atom is -0.311 e. The second-order valence-electron chi connectivity index (χ2n) is 9.12. The van der Waals surface area contributed by atoms with Gasteiger partial charge < -0.3 is 4.90 Å². The summed E-state index contributed by atoms with van der Waals surface area (Å²) in [6.45, 7) is 0. The highest BCUT2D eigenvalue weighted by molar-refractivity contribution is 8.45. The minimum atomic E-state index is -9.69. The van der Waals surface area contributed by atoms with Crippen molar-refractivity contribution in [2.24, 2.45) is 0 Å². The number of nitrogens with zero attached hydrogens (tertiary/aromatic N) is 1. The summed E-state index contributed by atoms with van der Waals surface area (Å²) in [6.07, 6.45) is 0. The van der Waals surface area contributed by atoms with Crippen LogP contribution in [0.1, 0.15) is 22.3 Å². The van der Waals surface area contributed by atoms with E-state index in [9.17, 15) is 19.4 Å². The first-order valence-electron chi connectivity index (χ1n) is 12.4. The summed E-state index contributed by atoms with van der Waals surface area (Å²) in [4.78, 5) is 0.232. The van der Waals surface area contributed by atoms with Crippen molar-refractivity contribution in [2.45, 2.75) is 4.90 Å². The average Bonchev–Trinajstić information content (AvgIpc) is 2.97. The van der Waals surface area contributed by atoms with E-state index in [0.717, 1.165) is 40.3 Å². The van der Waals surface area contributed by atoms with Gasteiger partial charge in [-0.1, -0.05) is 79.5 Å². The van der Waals surface area contributed by atoms with Gasteiger partial charge in [0.1, 0.15) is 4.90 Å². The summed E-state index contributed by atoms with van der Waals surface area (Å²) in [7, 11) is -9.69. The first kappa shape index (κ1) is 27.6. The van der Waals surface area contributed by atoms with Gasteiger partial charge in [-0.15, -0.1) is 0 Å². The maximum absolute atomic E-state index is 12.9. The van der Waals surface area contributed by atoms with Gasteiger partial charge in [-0.25, -0.2) is 0 Å². The molecule has 0 N–H and O–H groups in total. The standard InChI is InChI=1S/C34H22F5NS/c35-41(36,37,38,39)34-25-21-30(22-26-34)18-16-28-13-11-27(12-14-28)15-17-29-19-23-33(24-20-29)40(31-7-3-1-4-8-31)32-9-5-2-6-10-32/h1-14,19-26H. The zero-order valence-electron chi connectivity index (χ0n) is 21.4. The molecule has 0 aliphatic heterocycles. The number of benzene rings is 5. The molecule has 0 spiro atoms. The van der Waals surface area contributed by atoms with Crippen LogP contribution in [0.5, 0.6) is 0 Å². The molecule has 0 fully saturated rings. The quantitative estimate of drug-likeness (QED) is 0.153. The SMILES string of the molecule is FS(F)(F)(F)(F)c1ccc(C#Cc2ccc(C#Cc3ccc(N(c4ccccc4)c4ccccc4)cc3)cc2)cc1. The molecule has 0 amide bonds. The molecule has 0 aromatic heterocycles. The zero-order valence-corrected chi connectivity index (χ0v) is 22.3. The van der Waals surface area contributed by atoms with Crippen LogP contribution in [0, 0.1) is 23.7 Å². The van der Waals surface area contributed by atoms with Crippen molar-refractivity contribution in [3.05, 3.63) is 156 Å². The molecule has 0 atom stereocenters. The van der Waals surface area contributed by atoms with Crippen LogP contribution < -0.4 is 4.90 Å². The third kappa shape index (κ3) is 7.16. The van der Waals surface area contributed by atoms with Gasteiger partial charge in [0.15, 0.2) is 0 Å². The summed E-state index contributed by atoms with van der Waals surface area (Å²) in [5, 5.41) is 0. The average molecular weight is 572 g/mol. The molecule has 5 aromatic rings. The number of hydrogen-bond acceptors (Lipinski definition) is 1. The summed E-state index contributed by atoms with van der Waals surface area (Å²) in [6, 6.07) is 37.8. The van der Waals surface area contributed by atoms with Crippen LogP contribution in [0.2, 0.25) is 0 Å². The number of halogens is 5. The molecule has 7 heteroatoms. The number of anilines is 3. The van der Waals surface area contributed by atoms with E-state index in [-0.39, 0.29) is 5.56 Å². The first-order valence-corrected chi connectivity index (χ1v) is 14.4. The molecule has 0 unspecified atom stereocenters. The van der Waals surface area contributed by atoms with E-state index in [1.807, 2.05) is 60.7 Å². The van der Waals surface area contributed by atoms with E-state index in [0.29, 0.717) is 17.7 Å². The van der Waals surface area contributed by atoms with Crippen LogP contribution in [0.4, 0.5) is 36.5 Å². The van der Waals surface area contributed by atoms with E-state index in [4.69, 9.17) is 0 Å². The number of hydrogen-bond donors (Lipinski definition) is 0. The summed E-state index contributed by atoms with van der Waals surface area (Å²) in [5.74, 6) is 11.8. The molecule has 0 radical (unpaired) electrons. The van der Waals surface area contributed by atoms with Crippen molar-refractivity contribution in [3.8, 4) is 23.7 Å². The fourth-order valence-corrected chi connectivity index (χ4v) is 4.67. The Morgan fingerprint density at radius 1 is 0.366 bits per heavy atom. The van der Waals surface area contributed by atoms with Crippen LogP contribution in [-0.2, 0) is 0 Å². The van der Waals surface area contributed by atoms with Crippen LogP contribution in [0.3, 0.4) is 0 Å². The van der Waals surface area contributed by atoms with Gasteiger partial charge in [0, 0.05) is 39.3 Å². The van der Waals surface area contributed by atoms with Crippen molar-refractivity contribution in [1.29, 1.82) is 0 Å². The highest BCUT2D eigenvalue weighted by atomic mass is 32.5. The van der Waals surface area contributed by atoms with Crippen LogP contribution in [-0.4, -0.2) is 0 Å². The second-order valence-corrected chi connectivity index (χ2v) is 11.5. The van der Waals surface area contributed by atoms with Crippen LogP contribution >= 0.6 is 10.2 Å². The van der Waals surface area contributed by atoms with Crippen molar-refractivity contribution in [2.75, 3.05) is 4.90 Å². The van der Waals surface area contributed by atoms with Gasteiger partial charge in [0.05, 0.1) is 0 Å². The Bertz CT molecular complexity index is 1740. The van der Waals surface area contributed by atoms with Crippen molar-refractivity contribution in [1.82, 2.24) is 0 Å². The minimum absolute atomic E-state index is 0.195. The van der Waals surface area contributed by atoms with E-state index in [1.165, 1.54) is 0 Å². The van der Waals surface area contributed by atoms with Crippen molar-refractivity contribution in [3.63, 3.8) is 0 Å². The molecular weight excluding hydrogens is 549 g/mol. The van der Waals surface area contributed by atoms with Crippen molar-refractivity contribution < 1.29 is 19.4 Å².